The highest BCUT2D eigenvalue weighted by Gasteiger charge is 2.18. The number of hydrogen-bond donors (Lipinski definition) is 2. The number of benzene rings is 1. The van der Waals surface area contributed by atoms with E-state index in [0.717, 1.165) is 5.56 Å². The van der Waals surface area contributed by atoms with Crippen LogP contribution in [0.3, 0.4) is 0 Å². The highest BCUT2D eigenvalue weighted by atomic mass is 35.5. The minimum atomic E-state index is -0.872. The molecule has 0 saturated heterocycles. The molecule has 1 aromatic carbocycles. The number of aliphatic carboxylic acids is 1. The van der Waals surface area contributed by atoms with Gasteiger partial charge in [-0.15, -0.1) is 0 Å². The van der Waals surface area contributed by atoms with Crippen molar-refractivity contribution in [3.05, 3.63) is 33.8 Å². The highest BCUT2D eigenvalue weighted by molar-refractivity contribution is 6.42. The molecule has 0 aliphatic carbocycles. The van der Waals surface area contributed by atoms with Crippen molar-refractivity contribution in [1.82, 2.24) is 5.32 Å². The molecule has 0 bridgehead atoms. The molecule has 0 aliphatic rings. The van der Waals surface area contributed by atoms with Crippen molar-refractivity contribution in [1.29, 1.82) is 0 Å². The van der Waals surface area contributed by atoms with Crippen molar-refractivity contribution >= 4 is 35.1 Å². The summed E-state index contributed by atoms with van der Waals surface area (Å²) in [6, 6.07) is 4.87. The van der Waals surface area contributed by atoms with Gasteiger partial charge in [0, 0.05) is 12.5 Å². The van der Waals surface area contributed by atoms with Crippen LogP contribution in [0.4, 0.5) is 0 Å². The van der Waals surface area contributed by atoms with Crippen molar-refractivity contribution in [3.63, 3.8) is 0 Å². The van der Waals surface area contributed by atoms with Gasteiger partial charge >= 0.3 is 5.97 Å². The van der Waals surface area contributed by atoms with E-state index in [0.29, 0.717) is 16.5 Å². The van der Waals surface area contributed by atoms with Crippen molar-refractivity contribution in [2.24, 2.45) is 0 Å². The second kappa shape index (κ2) is 7.50. The third-order valence-corrected chi connectivity index (χ3v) is 3.76. The number of carboxylic acid groups (broad SMARTS) is 1. The summed E-state index contributed by atoms with van der Waals surface area (Å²) in [6.07, 6.45) is 0.428. The molecule has 0 fully saturated rings. The molecular weight excluding hydrogens is 301 g/mol. The predicted octanol–water partition coefficient (Wildman–Crippen LogP) is 3.47. The average Bonchev–Trinajstić information content (AvgIpc) is 2.38. The topological polar surface area (TPSA) is 66.4 Å². The van der Waals surface area contributed by atoms with Gasteiger partial charge in [0.2, 0.25) is 5.91 Å². The van der Waals surface area contributed by atoms with Crippen LogP contribution >= 0.6 is 23.2 Å². The summed E-state index contributed by atoms with van der Waals surface area (Å²) in [5.41, 5.74) is 0.766. The van der Waals surface area contributed by atoms with Crippen LogP contribution in [0, 0.1) is 0 Å². The van der Waals surface area contributed by atoms with E-state index in [1.54, 1.807) is 32.0 Å². The van der Waals surface area contributed by atoms with Crippen LogP contribution < -0.4 is 5.32 Å². The lowest BCUT2D eigenvalue weighted by molar-refractivity contribution is -0.137. The number of rotatable bonds is 6. The summed E-state index contributed by atoms with van der Waals surface area (Å²) in [5.74, 6) is -1.41. The smallest absolute Gasteiger partial charge is 0.303 e. The fourth-order valence-electron chi connectivity index (χ4n) is 1.71. The first-order valence-electron chi connectivity index (χ1n) is 6.28. The zero-order valence-corrected chi connectivity index (χ0v) is 12.8. The molecule has 1 amide bonds. The third kappa shape index (κ3) is 5.02. The number of amides is 1. The van der Waals surface area contributed by atoms with Crippen molar-refractivity contribution in [2.75, 3.05) is 0 Å². The van der Waals surface area contributed by atoms with E-state index in [1.807, 2.05) is 0 Å². The van der Waals surface area contributed by atoms with Gasteiger partial charge in [0.25, 0.3) is 0 Å². The van der Waals surface area contributed by atoms with Crippen molar-refractivity contribution in [2.45, 2.75) is 38.6 Å². The van der Waals surface area contributed by atoms with Gasteiger partial charge in [-0.05, 0) is 38.0 Å². The van der Waals surface area contributed by atoms with E-state index in [9.17, 15) is 9.59 Å². The molecule has 0 spiro atoms. The van der Waals surface area contributed by atoms with Gasteiger partial charge in [0.05, 0.1) is 16.0 Å². The van der Waals surface area contributed by atoms with Crippen molar-refractivity contribution < 1.29 is 14.7 Å². The number of carbonyl (C=O) groups excluding carboxylic acids is 1. The van der Waals surface area contributed by atoms with Gasteiger partial charge in [0.15, 0.2) is 0 Å². The molecule has 2 atom stereocenters. The number of hydrogen-bond acceptors (Lipinski definition) is 2. The molecule has 1 aromatic rings. The van der Waals surface area contributed by atoms with Crippen molar-refractivity contribution in [3.8, 4) is 0 Å². The van der Waals surface area contributed by atoms with Gasteiger partial charge in [-0.2, -0.15) is 0 Å². The Balaban J connectivity index is 2.62. The molecule has 110 valence electrons. The van der Waals surface area contributed by atoms with E-state index in [2.05, 4.69) is 5.32 Å². The molecule has 4 nitrogen and oxygen atoms in total. The number of carbonyl (C=O) groups is 2. The summed E-state index contributed by atoms with van der Waals surface area (Å²) in [5, 5.41) is 12.2. The van der Waals surface area contributed by atoms with E-state index >= 15 is 0 Å². The fraction of sp³-hybridized carbons (Fsp3) is 0.429. The molecule has 0 aliphatic heterocycles. The first-order chi connectivity index (χ1) is 9.31. The monoisotopic (exact) mass is 317 g/mol. The summed E-state index contributed by atoms with van der Waals surface area (Å²) < 4.78 is 0. The van der Waals surface area contributed by atoms with Crippen LogP contribution in [0.2, 0.25) is 10.0 Å². The van der Waals surface area contributed by atoms with Crippen LogP contribution in [0.5, 0.6) is 0 Å². The summed E-state index contributed by atoms with van der Waals surface area (Å²) in [7, 11) is 0. The molecule has 0 saturated carbocycles. The second-order valence-corrected chi connectivity index (χ2v) is 5.55. The first-order valence-corrected chi connectivity index (χ1v) is 7.04. The van der Waals surface area contributed by atoms with Crippen LogP contribution in [-0.4, -0.2) is 23.0 Å². The lowest BCUT2D eigenvalue weighted by Crippen LogP contribution is -2.35. The maximum atomic E-state index is 12.1. The fourth-order valence-corrected chi connectivity index (χ4v) is 2.02. The largest absolute Gasteiger partial charge is 0.481 e. The first kappa shape index (κ1) is 16.8. The Morgan fingerprint density at radius 2 is 1.90 bits per heavy atom. The average molecular weight is 318 g/mol. The highest BCUT2D eigenvalue weighted by Crippen LogP contribution is 2.26. The van der Waals surface area contributed by atoms with Crippen LogP contribution in [0.15, 0.2) is 18.2 Å². The number of halogens is 2. The Morgan fingerprint density at radius 1 is 1.25 bits per heavy atom. The van der Waals surface area contributed by atoms with Gasteiger partial charge in [-0.1, -0.05) is 29.3 Å². The number of carboxylic acids is 1. The minimum Gasteiger partial charge on any atom is -0.481 e. The van der Waals surface area contributed by atoms with E-state index < -0.39 is 5.97 Å². The molecule has 1 rings (SSSR count). The third-order valence-electron chi connectivity index (χ3n) is 3.02. The summed E-state index contributed by atoms with van der Waals surface area (Å²) >= 11 is 11.8. The van der Waals surface area contributed by atoms with Gasteiger partial charge in [-0.3, -0.25) is 9.59 Å². The Bertz CT molecular complexity index is 505. The molecule has 0 heterocycles. The predicted molar refractivity (Wildman–Crippen MR) is 79.4 cm³/mol. The van der Waals surface area contributed by atoms with E-state index in [4.69, 9.17) is 28.3 Å². The summed E-state index contributed by atoms with van der Waals surface area (Å²) in [6.45, 7) is 3.54. The molecule has 6 heteroatoms. The molecule has 0 radical (unpaired) electrons. The second-order valence-electron chi connectivity index (χ2n) is 4.74. The molecule has 2 N–H and O–H groups in total. The SMILES string of the molecule is CC(CCC(=O)O)NC(=O)C(C)c1ccc(Cl)c(Cl)c1. The normalized spacial score (nSPS) is 13.6. The maximum Gasteiger partial charge on any atom is 0.303 e. The van der Waals surface area contributed by atoms with Crippen LogP contribution in [0.25, 0.3) is 0 Å². The minimum absolute atomic E-state index is 0.0304. The molecule has 0 aromatic heterocycles. The Hall–Kier alpha value is -1.26. The van der Waals surface area contributed by atoms with Gasteiger partial charge in [0.1, 0.15) is 0 Å². The molecule has 2 unspecified atom stereocenters. The zero-order chi connectivity index (χ0) is 15.3. The molecular formula is C14H17Cl2NO3. The summed E-state index contributed by atoms with van der Waals surface area (Å²) in [4.78, 5) is 22.5. The van der Waals surface area contributed by atoms with Gasteiger partial charge < -0.3 is 10.4 Å². The Kier molecular flexibility index (Phi) is 6.30. The van der Waals surface area contributed by atoms with Gasteiger partial charge in [-0.25, -0.2) is 0 Å². The standard InChI is InChI=1S/C14H17Cl2NO3/c1-8(3-6-13(18)19)17-14(20)9(2)10-4-5-11(15)12(16)7-10/h4-5,7-9H,3,6H2,1-2H3,(H,17,20)(H,18,19). The van der Waals surface area contributed by atoms with Crippen LogP contribution in [0.1, 0.15) is 38.2 Å². The molecule has 20 heavy (non-hydrogen) atoms. The van der Waals surface area contributed by atoms with E-state index in [1.165, 1.54) is 0 Å². The Labute approximate surface area is 128 Å². The zero-order valence-electron chi connectivity index (χ0n) is 11.3. The van der Waals surface area contributed by atoms with E-state index in [-0.39, 0.29) is 24.3 Å². The lowest BCUT2D eigenvalue weighted by Gasteiger charge is -2.17. The van der Waals surface area contributed by atoms with Crippen LogP contribution in [-0.2, 0) is 9.59 Å². The Morgan fingerprint density at radius 3 is 2.45 bits per heavy atom. The number of nitrogens with one attached hydrogen (secondary N) is 1. The quantitative estimate of drug-likeness (QED) is 0.844. The maximum absolute atomic E-state index is 12.1. The lowest BCUT2D eigenvalue weighted by atomic mass is 10.00.